The van der Waals surface area contributed by atoms with Crippen molar-refractivity contribution in [3.63, 3.8) is 0 Å². The number of carbonyl (C=O) groups is 1. The molecule has 0 atom stereocenters. The third-order valence-electron chi connectivity index (χ3n) is 3.63. The fourth-order valence-corrected chi connectivity index (χ4v) is 3.09. The van der Waals surface area contributed by atoms with Crippen LogP contribution in [0.25, 0.3) is 10.6 Å². The predicted octanol–water partition coefficient (Wildman–Crippen LogP) is 3.83. The number of carbonyl (C=O) groups excluding carboxylic acids is 1. The number of fused-ring (bicyclic) bond motifs is 1. The van der Waals surface area contributed by atoms with E-state index in [0.717, 1.165) is 16.3 Å². The zero-order valence-electron chi connectivity index (χ0n) is 12.7. The first-order valence-corrected chi connectivity index (χ1v) is 8.38. The van der Waals surface area contributed by atoms with Gasteiger partial charge in [-0.25, -0.2) is 4.98 Å². The van der Waals surface area contributed by atoms with Crippen molar-refractivity contribution in [2.45, 2.75) is 0 Å². The number of nitrogens with zero attached hydrogens (tertiary/aromatic N) is 1. The number of nitrogens with one attached hydrogen (secondary N) is 1. The van der Waals surface area contributed by atoms with E-state index in [9.17, 15) is 4.79 Å². The van der Waals surface area contributed by atoms with Gasteiger partial charge in [-0.15, -0.1) is 11.3 Å². The highest BCUT2D eigenvalue weighted by Crippen LogP contribution is 2.31. The van der Waals surface area contributed by atoms with Crippen LogP contribution in [0.15, 0.2) is 54.0 Å². The Morgan fingerprint density at radius 3 is 2.58 bits per heavy atom. The standard InChI is InChI=1S/C18H14N2O3S/c21-17(13-3-6-15-16(11-13)23-9-8-22-15)20-14-4-1-12(2-5-14)18-19-7-10-24-18/h1-7,10-11H,8-9H2,(H,20,21). The number of amides is 1. The number of hydrogen-bond donors (Lipinski definition) is 1. The molecule has 0 spiro atoms. The van der Waals surface area contributed by atoms with Crippen molar-refractivity contribution >= 4 is 22.9 Å². The minimum atomic E-state index is -0.186. The lowest BCUT2D eigenvalue weighted by Gasteiger charge is -2.18. The molecule has 1 aromatic heterocycles. The highest BCUT2D eigenvalue weighted by Gasteiger charge is 2.15. The maximum absolute atomic E-state index is 12.4. The number of benzene rings is 2. The minimum Gasteiger partial charge on any atom is -0.486 e. The second-order valence-electron chi connectivity index (χ2n) is 5.23. The highest BCUT2D eigenvalue weighted by atomic mass is 32.1. The Bertz CT molecular complexity index is 860. The van der Waals surface area contributed by atoms with Crippen molar-refractivity contribution in [2.75, 3.05) is 18.5 Å². The quantitative estimate of drug-likeness (QED) is 0.788. The summed E-state index contributed by atoms with van der Waals surface area (Å²) in [5, 5.41) is 5.78. The maximum atomic E-state index is 12.4. The van der Waals surface area contributed by atoms with Crippen LogP contribution in [0.5, 0.6) is 11.5 Å². The van der Waals surface area contributed by atoms with E-state index in [1.165, 1.54) is 0 Å². The normalized spacial score (nSPS) is 12.7. The fraction of sp³-hybridized carbons (Fsp3) is 0.111. The number of rotatable bonds is 3. The molecule has 0 saturated carbocycles. The van der Waals surface area contributed by atoms with Gasteiger partial charge in [0.1, 0.15) is 18.2 Å². The van der Waals surface area contributed by atoms with Gasteiger partial charge in [-0.3, -0.25) is 4.79 Å². The molecule has 6 heteroatoms. The summed E-state index contributed by atoms with van der Waals surface area (Å²) < 4.78 is 11.0. The van der Waals surface area contributed by atoms with Crippen LogP contribution in [-0.2, 0) is 0 Å². The molecule has 3 aromatic rings. The first-order valence-electron chi connectivity index (χ1n) is 7.50. The number of ether oxygens (including phenoxy) is 2. The molecule has 0 fully saturated rings. The van der Waals surface area contributed by atoms with E-state index in [2.05, 4.69) is 10.3 Å². The molecule has 0 bridgehead atoms. The van der Waals surface area contributed by atoms with Gasteiger partial charge in [0.25, 0.3) is 5.91 Å². The zero-order valence-corrected chi connectivity index (χ0v) is 13.5. The van der Waals surface area contributed by atoms with Crippen molar-refractivity contribution < 1.29 is 14.3 Å². The predicted molar refractivity (Wildman–Crippen MR) is 92.9 cm³/mol. The third-order valence-corrected chi connectivity index (χ3v) is 4.45. The van der Waals surface area contributed by atoms with Gasteiger partial charge in [-0.1, -0.05) is 0 Å². The molecule has 1 amide bonds. The first kappa shape index (κ1) is 14.7. The monoisotopic (exact) mass is 338 g/mol. The van der Waals surface area contributed by atoms with Crippen LogP contribution in [0.3, 0.4) is 0 Å². The Morgan fingerprint density at radius 2 is 1.83 bits per heavy atom. The number of anilines is 1. The average molecular weight is 338 g/mol. The van der Waals surface area contributed by atoms with E-state index < -0.39 is 0 Å². The van der Waals surface area contributed by atoms with E-state index in [1.54, 1.807) is 35.7 Å². The van der Waals surface area contributed by atoms with Gasteiger partial charge in [0, 0.05) is 28.4 Å². The average Bonchev–Trinajstić information content (AvgIpc) is 3.16. The molecule has 5 nitrogen and oxygen atoms in total. The summed E-state index contributed by atoms with van der Waals surface area (Å²) in [5.41, 5.74) is 2.29. The second kappa shape index (κ2) is 6.33. The maximum Gasteiger partial charge on any atom is 0.255 e. The van der Waals surface area contributed by atoms with E-state index >= 15 is 0 Å². The van der Waals surface area contributed by atoms with Crippen LogP contribution in [-0.4, -0.2) is 24.1 Å². The van der Waals surface area contributed by atoms with Gasteiger partial charge < -0.3 is 14.8 Å². The van der Waals surface area contributed by atoms with Crippen LogP contribution < -0.4 is 14.8 Å². The molecule has 120 valence electrons. The molecule has 4 rings (SSSR count). The van der Waals surface area contributed by atoms with Crippen molar-refractivity contribution in [3.8, 4) is 22.1 Å². The smallest absolute Gasteiger partial charge is 0.255 e. The molecule has 2 heterocycles. The molecule has 1 N–H and O–H groups in total. The summed E-state index contributed by atoms with van der Waals surface area (Å²) in [6.45, 7) is 1.03. The Kier molecular flexibility index (Phi) is 3.88. The topological polar surface area (TPSA) is 60.5 Å². The van der Waals surface area contributed by atoms with Crippen molar-refractivity contribution in [2.24, 2.45) is 0 Å². The number of aromatic nitrogens is 1. The molecular weight excluding hydrogens is 324 g/mol. The van der Waals surface area contributed by atoms with Crippen LogP contribution >= 0.6 is 11.3 Å². The Balaban J connectivity index is 1.49. The molecule has 24 heavy (non-hydrogen) atoms. The SMILES string of the molecule is O=C(Nc1ccc(-c2nccs2)cc1)c1ccc2c(c1)OCCO2. The van der Waals surface area contributed by atoms with Crippen LogP contribution in [0, 0.1) is 0 Å². The Labute approximate surface area is 142 Å². The largest absolute Gasteiger partial charge is 0.486 e. The van der Waals surface area contributed by atoms with Gasteiger partial charge >= 0.3 is 0 Å². The van der Waals surface area contributed by atoms with E-state index in [1.807, 2.05) is 29.6 Å². The summed E-state index contributed by atoms with van der Waals surface area (Å²) in [5.74, 6) is 1.09. The van der Waals surface area contributed by atoms with Crippen molar-refractivity contribution in [1.82, 2.24) is 4.98 Å². The summed E-state index contributed by atoms with van der Waals surface area (Å²) >= 11 is 1.58. The van der Waals surface area contributed by atoms with E-state index in [-0.39, 0.29) is 5.91 Å². The molecule has 0 aliphatic carbocycles. The molecule has 1 aliphatic rings. The van der Waals surface area contributed by atoms with Gasteiger partial charge in [0.05, 0.1) is 0 Å². The van der Waals surface area contributed by atoms with Crippen LogP contribution in [0.1, 0.15) is 10.4 Å². The molecular formula is C18H14N2O3S. The number of hydrogen-bond acceptors (Lipinski definition) is 5. The molecule has 2 aromatic carbocycles. The van der Waals surface area contributed by atoms with Crippen molar-refractivity contribution in [3.05, 3.63) is 59.6 Å². The summed E-state index contributed by atoms with van der Waals surface area (Å²) in [4.78, 5) is 16.7. The highest BCUT2D eigenvalue weighted by molar-refractivity contribution is 7.13. The molecule has 1 aliphatic heterocycles. The molecule has 0 unspecified atom stereocenters. The lowest BCUT2D eigenvalue weighted by molar-refractivity contribution is 0.102. The first-order chi connectivity index (χ1) is 11.8. The molecule has 0 saturated heterocycles. The van der Waals surface area contributed by atoms with Crippen molar-refractivity contribution in [1.29, 1.82) is 0 Å². The summed E-state index contributed by atoms with van der Waals surface area (Å²) in [6, 6.07) is 12.8. The lowest BCUT2D eigenvalue weighted by Crippen LogP contribution is -2.17. The van der Waals surface area contributed by atoms with Gasteiger partial charge in [-0.05, 0) is 42.5 Å². The van der Waals surface area contributed by atoms with Gasteiger partial charge in [0.15, 0.2) is 11.5 Å². The Morgan fingerprint density at radius 1 is 1.04 bits per heavy atom. The van der Waals surface area contributed by atoms with Crippen LogP contribution in [0.2, 0.25) is 0 Å². The van der Waals surface area contributed by atoms with Gasteiger partial charge in [-0.2, -0.15) is 0 Å². The fourth-order valence-electron chi connectivity index (χ4n) is 2.45. The summed E-state index contributed by atoms with van der Waals surface area (Å²) in [7, 11) is 0. The van der Waals surface area contributed by atoms with E-state index in [0.29, 0.717) is 30.3 Å². The minimum absolute atomic E-state index is 0.186. The van der Waals surface area contributed by atoms with Crippen LogP contribution in [0.4, 0.5) is 5.69 Å². The molecule has 0 radical (unpaired) electrons. The van der Waals surface area contributed by atoms with E-state index in [4.69, 9.17) is 9.47 Å². The number of thiazole rings is 1. The second-order valence-corrected chi connectivity index (χ2v) is 6.12. The zero-order chi connectivity index (χ0) is 16.4. The third kappa shape index (κ3) is 2.96. The summed E-state index contributed by atoms with van der Waals surface area (Å²) in [6.07, 6.45) is 1.78. The Hall–Kier alpha value is -2.86. The lowest BCUT2D eigenvalue weighted by atomic mass is 10.1. The van der Waals surface area contributed by atoms with Gasteiger partial charge in [0.2, 0.25) is 0 Å².